The normalized spacial score (nSPS) is 11.2. The first-order valence-corrected chi connectivity index (χ1v) is 9.66. The highest BCUT2D eigenvalue weighted by atomic mass is 32.1. The van der Waals surface area contributed by atoms with Gasteiger partial charge in [0.05, 0.1) is 15.9 Å². The van der Waals surface area contributed by atoms with Crippen LogP contribution in [-0.4, -0.2) is 20.3 Å². The Labute approximate surface area is 156 Å². The molecule has 5 nitrogen and oxygen atoms in total. The van der Waals surface area contributed by atoms with Crippen LogP contribution in [0.2, 0.25) is 0 Å². The quantitative estimate of drug-likeness (QED) is 0.486. The Kier molecular flexibility index (Phi) is 3.55. The number of anilines is 1. The van der Waals surface area contributed by atoms with Gasteiger partial charge >= 0.3 is 0 Å². The zero-order chi connectivity index (χ0) is 17.5. The fourth-order valence-electron chi connectivity index (χ4n) is 2.78. The summed E-state index contributed by atoms with van der Waals surface area (Å²) in [5.41, 5.74) is 3.32. The third-order valence-corrected chi connectivity index (χ3v) is 5.82. The van der Waals surface area contributed by atoms with Gasteiger partial charge in [0, 0.05) is 17.1 Å². The second-order valence-electron chi connectivity index (χ2n) is 5.71. The van der Waals surface area contributed by atoms with Crippen LogP contribution in [0.25, 0.3) is 26.4 Å². The number of fused-ring (bicyclic) bond motifs is 2. The molecule has 3 aromatic heterocycles. The van der Waals surface area contributed by atoms with Gasteiger partial charge in [0.25, 0.3) is 5.91 Å². The topological polar surface area (TPSA) is 59.3 Å². The molecule has 7 heteroatoms. The summed E-state index contributed by atoms with van der Waals surface area (Å²) < 4.78 is 2.88. The van der Waals surface area contributed by atoms with Crippen LogP contribution in [0.15, 0.2) is 66.2 Å². The molecule has 5 rings (SSSR count). The highest BCUT2D eigenvalue weighted by Gasteiger charge is 2.16. The van der Waals surface area contributed by atoms with Gasteiger partial charge in [0.2, 0.25) is 0 Å². The Hall–Kier alpha value is -3.03. The van der Waals surface area contributed by atoms with Crippen molar-refractivity contribution in [2.75, 3.05) is 5.32 Å². The maximum atomic E-state index is 12.7. The minimum absolute atomic E-state index is 0.188. The molecule has 0 saturated heterocycles. The molecule has 126 valence electrons. The number of rotatable bonds is 3. The van der Waals surface area contributed by atoms with Gasteiger partial charge in [0.15, 0.2) is 10.1 Å². The number of imidazole rings is 1. The third-order valence-electron chi connectivity index (χ3n) is 4.03. The maximum Gasteiger partial charge on any atom is 0.275 e. The largest absolute Gasteiger partial charge is 0.296 e. The molecule has 0 saturated carbocycles. The van der Waals surface area contributed by atoms with Crippen LogP contribution in [0.4, 0.5) is 5.13 Å². The smallest absolute Gasteiger partial charge is 0.275 e. The van der Waals surface area contributed by atoms with Crippen molar-refractivity contribution < 1.29 is 4.79 Å². The molecule has 0 radical (unpaired) electrons. The molecule has 2 aromatic carbocycles. The molecule has 1 amide bonds. The number of nitrogens with one attached hydrogen (secondary N) is 1. The molecular formula is C19H12N4OS2. The lowest BCUT2D eigenvalue weighted by Gasteiger charge is -1.99. The number of amides is 1. The first kappa shape index (κ1) is 15.2. The van der Waals surface area contributed by atoms with Crippen molar-refractivity contribution in [3.05, 3.63) is 71.9 Å². The van der Waals surface area contributed by atoms with E-state index in [0.717, 1.165) is 26.4 Å². The van der Waals surface area contributed by atoms with E-state index in [1.807, 2.05) is 70.6 Å². The third kappa shape index (κ3) is 2.58. The summed E-state index contributed by atoms with van der Waals surface area (Å²) in [6.07, 6.45) is 1.90. The fourth-order valence-corrected chi connectivity index (χ4v) is 4.50. The molecule has 0 spiro atoms. The molecule has 1 N–H and O–H groups in total. The van der Waals surface area contributed by atoms with E-state index in [2.05, 4.69) is 15.3 Å². The number of hydrogen-bond donors (Lipinski definition) is 1. The van der Waals surface area contributed by atoms with E-state index >= 15 is 0 Å². The van der Waals surface area contributed by atoms with E-state index in [1.54, 1.807) is 0 Å². The number of para-hydroxylation sites is 1. The van der Waals surface area contributed by atoms with Gasteiger partial charge in [-0.05, 0) is 12.1 Å². The van der Waals surface area contributed by atoms with Crippen molar-refractivity contribution >= 4 is 48.9 Å². The highest BCUT2D eigenvalue weighted by molar-refractivity contribution is 7.22. The lowest BCUT2D eigenvalue weighted by Crippen LogP contribution is -2.13. The lowest BCUT2D eigenvalue weighted by molar-refractivity contribution is 0.102. The van der Waals surface area contributed by atoms with E-state index in [4.69, 9.17) is 0 Å². The van der Waals surface area contributed by atoms with Crippen LogP contribution in [-0.2, 0) is 0 Å². The van der Waals surface area contributed by atoms with Crippen LogP contribution in [0, 0.1) is 0 Å². The number of aromatic nitrogens is 3. The maximum absolute atomic E-state index is 12.7. The van der Waals surface area contributed by atoms with Gasteiger partial charge in [-0.2, -0.15) is 0 Å². The van der Waals surface area contributed by atoms with Gasteiger partial charge in [0.1, 0.15) is 5.69 Å². The monoisotopic (exact) mass is 376 g/mol. The summed E-state index contributed by atoms with van der Waals surface area (Å²) in [5, 5.41) is 5.32. The van der Waals surface area contributed by atoms with Crippen molar-refractivity contribution in [1.82, 2.24) is 14.4 Å². The van der Waals surface area contributed by atoms with Crippen molar-refractivity contribution in [2.24, 2.45) is 0 Å². The van der Waals surface area contributed by atoms with E-state index in [1.165, 1.54) is 22.7 Å². The molecule has 5 aromatic rings. The van der Waals surface area contributed by atoms with Crippen molar-refractivity contribution in [2.45, 2.75) is 0 Å². The number of hydrogen-bond acceptors (Lipinski definition) is 5. The Morgan fingerprint density at radius 2 is 1.81 bits per heavy atom. The predicted octanol–water partition coefficient (Wildman–Crippen LogP) is 4.92. The molecule has 3 heterocycles. The Morgan fingerprint density at radius 1 is 1.00 bits per heavy atom. The fraction of sp³-hybridized carbons (Fsp3) is 0. The second-order valence-corrected chi connectivity index (χ2v) is 7.57. The molecule has 0 atom stereocenters. The summed E-state index contributed by atoms with van der Waals surface area (Å²) in [6.45, 7) is 0. The molecule has 0 bridgehead atoms. The Bertz CT molecular complexity index is 1200. The van der Waals surface area contributed by atoms with E-state index in [0.29, 0.717) is 10.8 Å². The molecule has 0 aliphatic heterocycles. The van der Waals surface area contributed by atoms with Crippen molar-refractivity contribution in [3.8, 4) is 11.3 Å². The lowest BCUT2D eigenvalue weighted by atomic mass is 10.2. The summed E-state index contributed by atoms with van der Waals surface area (Å²) >= 11 is 2.91. The average Bonchev–Trinajstić information content (AvgIpc) is 3.35. The highest BCUT2D eigenvalue weighted by Crippen LogP contribution is 2.27. The van der Waals surface area contributed by atoms with Crippen LogP contribution in [0.3, 0.4) is 0 Å². The molecule has 0 aliphatic carbocycles. The molecule has 0 aliphatic rings. The minimum atomic E-state index is -0.188. The number of benzene rings is 2. The zero-order valence-corrected chi connectivity index (χ0v) is 15.1. The van der Waals surface area contributed by atoms with Crippen molar-refractivity contribution in [3.63, 3.8) is 0 Å². The second kappa shape index (κ2) is 6.05. The minimum Gasteiger partial charge on any atom is -0.296 e. The van der Waals surface area contributed by atoms with Gasteiger partial charge in [-0.15, -0.1) is 11.3 Å². The van der Waals surface area contributed by atoms with E-state index in [9.17, 15) is 4.79 Å². The molecule has 0 unspecified atom stereocenters. The molecule has 26 heavy (non-hydrogen) atoms. The first-order chi connectivity index (χ1) is 12.8. The van der Waals surface area contributed by atoms with Crippen LogP contribution in [0.1, 0.15) is 10.5 Å². The van der Waals surface area contributed by atoms with Crippen LogP contribution < -0.4 is 5.32 Å². The van der Waals surface area contributed by atoms with Gasteiger partial charge < -0.3 is 0 Å². The van der Waals surface area contributed by atoms with Gasteiger partial charge in [-0.25, -0.2) is 9.97 Å². The first-order valence-electron chi connectivity index (χ1n) is 7.97. The number of carbonyl (C=O) groups is 1. The van der Waals surface area contributed by atoms with Gasteiger partial charge in [-0.3, -0.25) is 14.5 Å². The zero-order valence-electron chi connectivity index (χ0n) is 13.4. The number of nitrogens with zero attached hydrogens (tertiary/aromatic N) is 3. The predicted molar refractivity (Wildman–Crippen MR) is 106 cm³/mol. The van der Waals surface area contributed by atoms with E-state index in [-0.39, 0.29) is 5.91 Å². The van der Waals surface area contributed by atoms with Crippen LogP contribution in [0.5, 0.6) is 0 Å². The summed E-state index contributed by atoms with van der Waals surface area (Å²) in [4.78, 5) is 22.6. The summed E-state index contributed by atoms with van der Waals surface area (Å²) in [6, 6.07) is 17.8. The summed E-state index contributed by atoms with van der Waals surface area (Å²) in [5.74, 6) is -0.188. The molecule has 0 fully saturated rings. The number of carbonyl (C=O) groups excluding carboxylic acids is 1. The molecular weight excluding hydrogens is 364 g/mol. The van der Waals surface area contributed by atoms with Crippen LogP contribution >= 0.6 is 22.7 Å². The van der Waals surface area contributed by atoms with Crippen molar-refractivity contribution in [1.29, 1.82) is 0 Å². The Balaban J connectivity index is 1.48. The Morgan fingerprint density at radius 3 is 2.65 bits per heavy atom. The van der Waals surface area contributed by atoms with E-state index < -0.39 is 0 Å². The van der Waals surface area contributed by atoms with Gasteiger partial charge in [-0.1, -0.05) is 53.8 Å². The number of thiazole rings is 2. The summed E-state index contributed by atoms with van der Waals surface area (Å²) in [7, 11) is 0. The SMILES string of the molecule is O=C(Nc1nc2ccccc2s1)c1csc2nc(-c3ccccc3)cn12. The standard InChI is InChI=1S/C19H12N4OS2/c24-17(22-18-20-13-8-4-5-9-16(13)26-18)15-11-25-19-21-14(10-23(15)19)12-6-2-1-3-7-12/h1-11H,(H,20,22,24). The average molecular weight is 376 g/mol.